The van der Waals surface area contributed by atoms with Crippen LogP contribution in [0.15, 0.2) is 53.4 Å². The maximum absolute atomic E-state index is 13.3. The number of amides is 1. The van der Waals surface area contributed by atoms with Crippen molar-refractivity contribution in [2.24, 2.45) is 0 Å². The first-order valence-corrected chi connectivity index (χ1v) is 11.2. The van der Waals surface area contributed by atoms with E-state index < -0.39 is 9.84 Å². The van der Waals surface area contributed by atoms with Crippen LogP contribution in [-0.2, 0) is 22.7 Å². The largest absolute Gasteiger partial charge is 0.321 e. The van der Waals surface area contributed by atoms with Gasteiger partial charge in [0.25, 0.3) is 5.91 Å². The Bertz CT molecular complexity index is 1170. The predicted octanol–water partition coefficient (Wildman–Crippen LogP) is 3.55. The van der Waals surface area contributed by atoms with E-state index in [0.29, 0.717) is 17.1 Å². The molecule has 150 valence electrons. The first-order valence-electron chi connectivity index (χ1n) is 9.31. The molecule has 1 aromatic heterocycles. The Kier molecular flexibility index (Phi) is 4.96. The molecule has 6 nitrogen and oxygen atoms in total. The Morgan fingerprint density at radius 2 is 1.69 bits per heavy atom. The van der Waals surface area contributed by atoms with Crippen LogP contribution in [0.5, 0.6) is 0 Å². The predicted molar refractivity (Wildman–Crippen MR) is 108 cm³/mol. The molecule has 0 atom stereocenters. The lowest BCUT2D eigenvalue weighted by Gasteiger charge is -2.14. The summed E-state index contributed by atoms with van der Waals surface area (Å²) in [6, 6.07) is 12.0. The minimum absolute atomic E-state index is 0.188. The highest BCUT2D eigenvalue weighted by Gasteiger charge is 2.25. The molecule has 29 heavy (non-hydrogen) atoms. The van der Waals surface area contributed by atoms with Crippen LogP contribution in [0.25, 0.3) is 5.69 Å². The lowest BCUT2D eigenvalue weighted by atomic mass is 9.95. The molecule has 0 unspecified atom stereocenters. The van der Waals surface area contributed by atoms with Crippen LogP contribution in [0, 0.1) is 5.82 Å². The summed E-state index contributed by atoms with van der Waals surface area (Å²) < 4.78 is 38.2. The maximum Gasteiger partial charge on any atom is 0.276 e. The van der Waals surface area contributed by atoms with Gasteiger partial charge in [-0.3, -0.25) is 4.79 Å². The maximum atomic E-state index is 13.3. The molecule has 0 radical (unpaired) electrons. The van der Waals surface area contributed by atoms with Crippen molar-refractivity contribution in [2.75, 3.05) is 11.6 Å². The second kappa shape index (κ2) is 7.44. The van der Waals surface area contributed by atoms with Crippen molar-refractivity contribution >= 4 is 21.4 Å². The first kappa shape index (κ1) is 19.3. The van der Waals surface area contributed by atoms with Crippen molar-refractivity contribution in [3.05, 3.63) is 71.3 Å². The topological polar surface area (TPSA) is 81.1 Å². The molecule has 0 spiro atoms. The number of nitrogens with zero attached hydrogens (tertiary/aromatic N) is 2. The van der Waals surface area contributed by atoms with Gasteiger partial charge in [-0.2, -0.15) is 5.10 Å². The molecule has 1 amide bonds. The summed E-state index contributed by atoms with van der Waals surface area (Å²) in [7, 11) is -3.30. The molecule has 0 saturated heterocycles. The SMILES string of the molecule is CS(=O)(=O)c1ccc(NC(=O)c2nn(-c3ccc(F)cc3)c3c2CCCC3)cc1. The van der Waals surface area contributed by atoms with Gasteiger partial charge in [-0.25, -0.2) is 17.5 Å². The molecule has 2 aromatic carbocycles. The van der Waals surface area contributed by atoms with E-state index in [1.54, 1.807) is 28.9 Å². The van der Waals surface area contributed by atoms with Crippen LogP contribution in [0.2, 0.25) is 0 Å². The highest BCUT2D eigenvalue weighted by molar-refractivity contribution is 7.90. The van der Waals surface area contributed by atoms with Crippen LogP contribution in [0.1, 0.15) is 34.6 Å². The molecule has 8 heteroatoms. The lowest BCUT2D eigenvalue weighted by molar-refractivity contribution is 0.102. The molecule has 0 aliphatic heterocycles. The van der Waals surface area contributed by atoms with Gasteiger partial charge in [-0.15, -0.1) is 0 Å². The van der Waals surface area contributed by atoms with Gasteiger partial charge in [0, 0.05) is 23.2 Å². The number of anilines is 1. The number of halogens is 1. The highest BCUT2D eigenvalue weighted by atomic mass is 32.2. The van der Waals surface area contributed by atoms with Crippen LogP contribution in [-0.4, -0.2) is 30.4 Å². The van der Waals surface area contributed by atoms with Crippen LogP contribution in [0.3, 0.4) is 0 Å². The number of rotatable bonds is 4. The van der Waals surface area contributed by atoms with Crippen LogP contribution >= 0.6 is 0 Å². The Hall–Kier alpha value is -3.00. The number of nitrogens with one attached hydrogen (secondary N) is 1. The van der Waals surface area contributed by atoms with Crippen molar-refractivity contribution in [2.45, 2.75) is 30.6 Å². The van der Waals surface area contributed by atoms with Gasteiger partial charge in [0.2, 0.25) is 0 Å². The van der Waals surface area contributed by atoms with Gasteiger partial charge in [-0.05, 0) is 74.2 Å². The third kappa shape index (κ3) is 3.93. The molecule has 1 aliphatic rings. The zero-order chi connectivity index (χ0) is 20.6. The molecule has 3 aromatic rings. The van der Waals surface area contributed by atoms with Crippen molar-refractivity contribution in [3.8, 4) is 5.69 Å². The second-order valence-electron chi connectivity index (χ2n) is 7.12. The van der Waals surface area contributed by atoms with Crippen molar-refractivity contribution in [1.29, 1.82) is 0 Å². The summed E-state index contributed by atoms with van der Waals surface area (Å²) in [5.41, 5.74) is 3.42. The fraction of sp³-hybridized carbons (Fsp3) is 0.238. The van der Waals surface area contributed by atoms with Crippen LogP contribution in [0.4, 0.5) is 10.1 Å². The summed E-state index contributed by atoms with van der Waals surface area (Å²) in [5, 5.41) is 7.32. The Labute approximate surface area is 168 Å². The van der Waals surface area contributed by atoms with Gasteiger partial charge < -0.3 is 5.32 Å². The van der Waals surface area contributed by atoms with E-state index in [9.17, 15) is 17.6 Å². The number of hydrogen-bond acceptors (Lipinski definition) is 4. The number of carbonyl (C=O) groups excluding carboxylic acids is 1. The monoisotopic (exact) mass is 413 g/mol. The molecule has 0 saturated carbocycles. The minimum atomic E-state index is -3.30. The average molecular weight is 413 g/mol. The summed E-state index contributed by atoms with van der Waals surface area (Å²) in [5.74, 6) is -0.679. The van der Waals surface area contributed by atoms with E-state index in [2.05, 4.69) is 10.4 Å². The second-order valence-corrected chi connectivity index (χ2v) is 9.14. The molecule has 1 heterocycles. The van der Waals surface area contributed by atoms with E-state index in [0.717, 1.165) is 43.2 Å². The number of fused-ring (bicyclic) bond motifs is 1. The van der Waals surface area contributed by atoms with Gasteiger partial charge in [0.15, 0.2) is 15.5 Å². The van der Waals surface area contributed by atoms with Gasteiger partial charge in [0.1, 0.15) is 5.82 Å². The quantitative estimate of drug-likeness (QED) is 0.709. The minimum Gasteiger partial charge on any atom is -0.321 e. The number of hydrogen-bond donors (Lipinski definition) is 1. The van der Waals surface area contributed by atoms with Gasteiger partial charge in [0.05, 0.1) is 10.6 Å². The average Bonchev–Trinajstić information content (AvgIpc) is 3.08. The van der Waals surface area contributed by atoms with E-state index in [1.165, 1.54) is 24.3 Å². The van der Waals surface area contributed by atoms with Gasteiger partial charge in [-0.1, -0.05) is 0 Å². The smallest absolute Gasteiger partial charge is 0.276 e. The van der Waals surface area contributed by atoms with E-state index in [1.807, 2.05) is 0 Å². The lowest BCUT2D eigenvalue weighted by Crippen LogP contribution is -2.15. The first-order chi connectivity index (χ1) is 13.8. The molecule has 0 bridgehead atoms. The molecule has 4 rings (SSSR count). The van der Waals surface area contributed by atoms with E-state index >= 15 is 0 Å². The molecular formula is C21H20FN3O3S. The summed E-state index contributed by atoms with van der Waals surface area (Å²) >= 11 is 0. The molecular weight excluding hydrogens is 393 g/mol. The zero-order valence-electron chi connectivity index (χ0n) is 15.9. The third-order valence-electron chi connectivity index (χ3n) is 5.01. The molecule has 1 aliphatic carbocycles. The summed E-state index contributed by atoms with van der Waals surface area (Å²) in [6.07, 6.45) is 4.68. The van der Waals surface area contributed by atoms with E-state index in [4.69, 9.17) is 0 Å². The fourth-order valence-corrected chi connectivity index (χ4v) is 4.18. The summed E-state index contributed by atoms with van der Waals surface area (Å²) in [4.78, 5) is 13.1. The third-order valence-corrected chi connectivity index (χ3v) is 6.14. The molecule has 1 N–H and O–H groups in total. The number of sulfone groups is 1. The number of benzene rings is 2. The van der Waals surface area contributed by atoms with Crippen LogP contribution < -0.4 is 5.32 Å². The highest BCUT2D eigenvalue weighted by Crippen LogP contribution is 2.28. The Morgan fingerprint density at radius 1 is 1.03 bits per heavy atom. The van der Waals surface area contributed by atoms with Crippen molar-refractivity contribution in [3.63, 3.8) is 0 Å². The van der Waals surface area contributed by atoms with Crippen molar-refractivity contribution < 1.29 is 17.6 Å². The Balaban J connectivity index is 1.66. The molecule has 0 fully saturated rings. The number of aromatic nitrogens is 2. The zero-order valence-corrected chi connectivity index (χ0v) is 16.7. The van der Waals surface area contributed by atoms with Gasteiger partial charge >= 0.3 is 0 Å². The Morgan fingerprint density at radius 3 is 2.34 bits per heavy atom. The normalized spacial score (nSPS) is 13.7. The number of carbonyl (C=O) groups is 1. The summed E-state index contributed by atoms with van der Waals surface area (Å²) in [6.45, 7) is 0. The fourth-order valence-electron chi connectivity index (χ4n) is 3.55. The van der Waals surface area contributed by atoms with E-state index in [-0.39, 0.29) is 16.6 Å². The van der Waals surface area contributed by atoms with Crippen molar-refractivity contribution in [1.82, 2.24) is 9.78 Å². The standard InChI is InChI=1S/C21H20FN3O3S/c1-29(27,28)17-12-8-15(9-13-17)23-21(26)20-18-4-2-3-5-19(18)25(24-20)16-10-6-14(22)7-11-16/h6-13H,2-5H2,1H3,(H,23,26).